The van der Waals surface area contributed by atoms with Gasteiger partial charge >= 0.3 is 0 Å². The average Bonchev–Trinajstić information content (AvgIpc) is 1.72. The van der Waals surface area contributed by atoms with Crippen LogP contribution in [0.2, 0.25) is 0 Å². The molecule has 0 aromatic heterocycles. The Morgan fingerprint density at radius 3 is 0.818 bits per heavy atom. The fourth-order valence-corrected chi connectivity index (χ4v) is 0.671. The maximum Gasteiger partial charge on any atom is -0.00474 e. The molecule has 0 heterocycles. The van der Waals surface area contributed by atoms with Gasteiger partial charge in [0.2, 0.25) is 0 Å². The normalized spacial score (nSPS) is 6.55. The van der Waals surface area contributed by atoms with Gasteiger partial charge in [-0.15, -0.1) is 0 Å². The Hall–Kier alpha value is -0.200. The van der Waals surface area contributed by atoms with Gasteiger partial charge in [-0.3, -0.25) is 0 Å². The Morgan fingerprint density at radius 2 is 0.818 bits per heavy atom. The molecule has 0 amide bonds. The summed E-state index contributed by atoms with van der Waals surface area (Å²) in [4.78, 5) is 2.38. The van der Waals surface area contributed by atoms with Crippen LogP contribution in [-0.4, -0.2) is 24.5 Å². The van der Waals surface area contributed by atoms with Crippen molar-refractivity contribution >= 4 is 0 Å². The molecule has 0 aliphatic rings. The van der Waals surface area contributed by atoms with Gasteiger partial charge in [-0.2, -0.15) is 0 Å². The zero-order valence-electron chi connectivity index (χ0n) is 8.40. The van der Waals surface area contributed by atoms with Gasteiger partial charge in [-0.1, -0.05) is 20.8 Å². The van der Waals surface area contributed by atoms with Gasteiger partial charge in [0.05, 0.1) is 0 Å². The number of nitrogens with zero attached hydrogens (tertiary/aromatic N) is 1. The highest BCUT2D eigenvalue weighted by molar-refractivity contribution is 4.43. The summed E-state index contributed by atoms with van der Waals surface area (Å²) in [7, 11) is 0. The van der Waals surface area contributed by atoms with Crippen molar-refractivity contribution in [1.82, 2.24) is 29.5 Å². The first-order chi connectivity index (χ1) is 3.35. The molecule has 5 nitrogen and oxygen atoms in total. The first kappa shape index (κ1) is 30.8. The molecule has 0 saturated carbocycles. The molecule has 0 aliphatic heterocycles. The van der Waals surface area contributed by atoms with Gasteiger partial charge < -0.3 is 29.5 Å². The highest BCUT2D eigenvalue weighted by atomic mass is 15.1. The molecule has 0 radical (unpaired) electrons. The van der Waals surface area contributed by atoms with E-state index < -0.39 is 0 Å². The lowest BCUT2D eigenvalue weighted by Crippen LogP contribution is -2.21. The van der Waals surface area contributed by atoms with Crippen LogP contribution >= 0.6 is 0 Å². The Kier molecular flexibility index (Phi) is 63.2. The predicted octanol–water partition coefficient (Wildman–Crippen LogP) is 2.00. The van der Waals surface area contributed by atoms with E-state index in [4.69, 9.17) is 0 Å². The van der Waals surface area contributed by atoms with Gasteiger partial charge in [0, 0.05) is 0 Å². The smallest absolute Gasteiger partial charge is 0.00474 e. The minimum Gasteiger partial charge on any atom is -0.344 e. The Morgan fingerprint density at radius 1 is 0.636 bits per heavy atom. The summed E-state index contributed by atoms with van der Waals surface area (Å²) in [6.07, 6.45) is 0. The second kappa shape index (κ2) is 22.6. The highest BCUT2D eigenvalue weighted by Gasteiger charge is 1.89. The van der Waals surface area contributed by atoms with E-state index in [2.05, 4.69) is 25.7 Å². The standard InChI is InChI=1S/C6H15N.4H3N/c1-4-7(5-2)6-3;;;;/h4-6H2,1-3H3;4*1H3. The molecule has 11 heavy (non-hydrogen) atoms. The molecule has 76 valence electrons. The van der Waals surface area contributed by atoms with Crippen LogP contribution < -0.4 is 24.6 Å². The summed E-state index contributed by atoms with van der Waals surface area (Å²) in [5, 5.41) is 0. The summed E-state index contributed by atoms with van der Waals surface area (Å²) >= 11 is 0. The minimum atomic E-state index is 0. The molecule has 5 heteroatoms. The summed E-state index contributed by atoms with van der Waals surface area (Å²) < 4.78 is 0. The molecule has 0 rings (SSSR count). The highest BCUT2D eigenvalue weighted by Crippen LogP contribution is 1.81. The Labute approximate surface area is 70.9 Å². The summed E-state index contributed by atoms with van der Waals surface area (Å²) in [6, 6.07) is 0. The lowest BCUT2D eigenvalue weighted by atomic mass is 10.5. The van der Waals surface area contributed by atoms with Gasteiger partial charge in [-0.25, -0.2) is 0 Å². The van der Waals surface area contributed by atoms with Crippen molar-refractivity contribution in [2.45, 2.75) is 20.8 Å². The number of rotatable bonds is 3. The molecule has 0 aliphatic carbocycles. The number of hydrogen-bond acceptors (Lipinski definition) is 5. The van der Waals surface area contributed by atoms with Crippen molar-refractivity contribution in [1.29, 1.82) is 0 Å². The average molecular weight is 169 g/mol. The van der Waals surface area contributed by atoms with Crippen molar-refractivity contribution in [2.24, 2.45) is 0 Å². The predicted molar refractivity (Wildman–Crippen MR) is 53.6 cm³/mol. The summed E-state index contributed by atoms with van der Waals surface area (Å²) in [5.41, 5.74) is 0. The molecular weight excluding hydrogens is 142 g/mol. The van der Waals surface area contributed by atoms with E-state index in [0.29, 0.717) is 0 Å². The molecule has 0 aromatic carbocycles. The van der Waals surface area contributed by atoms with Crippen molar-refractivity contribution in [3.8, 4) is 0 Å². The molecule has 0 bridgehead atoms. The third-order valence-corrected chi connectivity index (χ3v) is 1.34. The topological polar surface area (TPSA) is 143 Å². The number of hydrogen-bond donors (Lipinski definition) is 4. The zero-order chi connectivity index (χ0) is 5.70. The van der Waals surface area contributed by atoms with Crippen LogP contribution in [0.3, 0.4) is 0 Å². The largest absolute Gasteiger partial charge is 0.344 e. The maximum absolute atomic E-state index is 2.38. The van der Waals surface area contributed by atoms with Crippen molar-refractivity contribution < 1.29 is 0 Å². The second-order valence-electron chi connectivity index (χ2n) is 1.62. The van der Waals surface area contributed by atoms with Gasteiger partial charge in [0.1, 0.15) is 0 Å². The van der Waals surface area contributed by atoms with E-state index in [0.717, 1.165) is 0 Å². The van der Waals surface area contributed by atoms with Gasteiger partial charge in [-0.05, 0) is 19.6 Å². The Bertz CT molecular complexity index is 32.4. The fourth-order valence-electron chi connectivity index (χ4n) is 0.671. The summed E-state index contributed by atoms with van der Waals surface area (Å²) in [5.74, 6) is 0. The van der Waals surface area contributed by atoms with Crippen LogP contribution in [0.1, 0.15) is 20.8 Å². The molecule has 0 saturated heterocycles. The van der Waals surface area contributed by atoms with E-state index in [1.165, 1.54) is 19.6 Å². The third-order valence-electron chi connectivity index (χ3n) is 1.34. The molecule has 0 spiro atoms. The fraction of sp³-hybridized carbons (Fsp3) is 1.00. The van der Waals surface area contributed by atoms with E-state index in [9.17, 15) is 0 Å². The van der Waals surface area contributed by atoms with E-state index in [-0.39, 0.29) is 24.6 Å². The van der Waals surface area contributed by atoms with Crippen LogP contribution in [0.5, 0.6) is 0 Å². The molecule has 12 N–H and O–H groups in total. The van der Waals surface area contributed by atoms with Gasteiger partial charge in [0.15, 0.2) is 0 Å². The van der Waals surface area contributed by atoms with Crippen LogP contribution in [0, 0.1) is 0 Å². The molecule has 0 atom stereocenters. The zero-order valence-corrected chi connectivity index (χ0v) is 8.40. The van der Waals surface area contributed by atoms with Gasteiger partial charge in [0.25, 0.3) is 0 Å². The van der Waals surface area contributed by atoms with Crippen molar-refractivity contribution in [3.63, 3.8) is 0 Å². The second-order valence-corrected chi connectivity index (χ2v) is 1.62. The first-order valence-electron chi connectivity index (χ1n) is 3.07. The van der Waals surface area contributed by atoms with Crippen molar-refractivity contribution in [2.75, 3.05) is 19.6 Å². The molecule has 0 unspecified atom stereocenters. The SMILES string of the molecule is CCN(CC)CC.N.N.N.N. The van der Waals surface area contributed by atoms with E-state index in [1.54, 1.807) is 0 Å². The summed E-state index contributed by atoms with van der Waals surface area (Å²) in [6.45, 7) is 10.1. The Balaban J connectivity index is -0.0000000300. The minimum absolute atomic E-state index is 0. The maximum atomic E-state index is 2.38. The molecular formula is C6H27N5. The van der Waals surface area contributed by atoms with Crippen LogP contribution in [-0.2, 0) is 0 Å². The molecule has 0 aromatic rings. The quantitative estimate of drug-likeness (QED) is 0.510. The van der Waals surface area contributed by atoms with E-state index >= 15 is 0 Å². The monoisotopic (exact) mass is 169 g/mol. The van der Waals surface area contributed by atoms with Crippen LogP contribution in [0.15, 0.2) is 0 Å². The van der Waals surface area contributed by atoms with E-state index in [1.807, 2.05) is 0 Å². The third kappa shape index (κ3) is 17.7. The van der Waals surface area contributed by atoms with Crippen LogP contribution in [0.25, 0.3) is 0 Å². The lowest BCUT2D eigenvalue weighted by molar-refractivity contribution is 0.321. The van der Waals surface area contributed by atoms with Crippen molar-refractivity contribution in [3.05, 3.63) is 0 Å². The lowest BCUT2D eigenvalue weighted by Gasteiger charge is -2.13. The molecule has 0 fully saturated rings. The first-order valence-corrected chi connectivity index (χ1v) is 3.07. The van der Waals surface area contributed by atoms with Crippen LogP contribution in [0.4, 0.5) is 0 Å².